The van der Waals surface area contributed by atoms with E-state index in [1.165, 1.54) is 5.56 Å². The minimum Gasteiger partial charge on any atom is -0.352 e. The number of nitrogens with one attached hydrogen (secondary N) is 1. The summed E-state index contributed by atoms with van der Waals surface area (Å²) in [5, 5.41) is 7.23. The normalized spacial score (nSPS) is 19.7. The van der Waals surface area contributed by atoms with Crippen LogP contribution in [0.4, 0.5) is 0 Å². The van der Waals surface area contributed by atoms with E-state index in [2.05, 4.69) is 22.5 Å². The quantitative estimate of drug-likeness (QED) is 0.842. The first-order valence-corrected chi connectivity index (χ1v) is 8.28. The van der Waals surface area contributed by atoms with Gasteiger partial charge >= 0.3 is 0 Å². The molecule has 0 bridgehead atoms. The van der Waals surface area contributed by atoms with Crippen molar-refractivity contribution in [3.05, 3.63) is 53.9 Å². The first-order valence-electron chi connectivity index (χ1n) is 8.28. The Morgan fingerprint density at radius 2 is 2.12 bits per heavy atom. The van der Waals surface area contributed by atoms with Crippen LogP contribution in [-0.2, 0) is 17.9 Å². The van der Waals surface area contributed by atoms with E-state index in [1.807, 2.05) is 29.1 Å². The van der Waals surface area contributed by atoms with Crippen LogP contribution in [0, 0.1) is 5.92 Å². The molecule has 6 heteroatoms. The summed E-state index contributed by atoms with van der Waals surface area (Å²) < 4.78 is 1.89. The fraction of sp³-hybridized carbons (Fsp3) is 0.444. The van der Waals surface area contributed by atoms with Gasteiger partial charge in [0.2, 0.25) is 5.91 Å². The summed E-state index contributed by atoms with van der Waals surface area (Å²) in [6.07, 6.45) is 7.54. The van der Waals surface area contributed by atoms with Gasteiger partial charge in [0.15, 0.2) is 0 Å². The number of hydrogen-bond donors (Lipinski definition) is 2. The largest absolute Gasteiger partial charge is 0.352 e. The van der Waals surface area contributed by atoms with Crippen LogP contribution in [0.25, 0.3) is 0 Å². The van der Waals surface area contributed by atoms with Gasteiger partial charge in [-0.2, -0.15) is 5.10 Å². The molecule has 1 fully saturated rings. The van der Waals surface area contributed by atoms with Crippen LogP contribution in [0.5, 0.6) is 0 Å². The van der Waals surface area contributed by atoms with E-state index in [1.54, 1.807) is 6.20 Å². The minimum absolute atomic E-state index is 0. The number of amides is 1. The zero-order valence-electron chi connectivity index (χ0n) is 13.7. The molecule has 1 amide bonds. The van der Waals surface area contributed by atoms with Crippen molar-refractivity contribution in [3.8, 4) is 0 Å². The Morgan fingerprint density at radius 3 is 2.83 bits per heavy atom. The van der Waals surface area contributed by atoms with Crippen LogP contribution in [0.1, 0.15) is 36.8 Å². The zero-order chi connectivity index (χ0) is 16.1. The van der Waals surface area contributed by atoms with E-state index in [0.29, 0.717) is 18.9 Å². The molecular weight excluding hydrogens is 324 g/mol. The average Bonchev–Trinajstić information content (AvgIpc) is 3.18. The number of rotatable bonds is 6. The standard InChI is InChI=1S/C18H24N4O.ClH/c19-17-7-2-6-16(17)11-18(23)20-12-14-4-1-5-15(10-14)13-22-9-3-8-21-22;/h1,3-5,8-10,16-17H,2,6-7,11-13,19H2,(H,20,23);1H/t16-,17+;/m0./s1. The maximum Gasteiger partial charge on any atom is 0.220 e. The molecular formula is C18H25ClN4O. The van der Waals surface area contributed by atoms with Crippen molar-refractivity contribution in [2.45, 2.75) is 44.8 Å². The first-order chi connectivity index (χ1) is 11.2. The zero-order valence-corrected chi connectivity index (χ0v) is 14.5. The van der Waals surface area contributed by atoms with Crippen LogP contribution < -0.4 is 11.1 Å². The van der Waals surface area contributed by atoms with Gasteiger partial charge in [-0.3, -0.25) is 9.48 Å². The maximum absolute atomic E-state index is 12.1. The SMILES string of the molecule is Cl.N[C@@H]1CCC[C@H]1CC(=O)NCc1cccc(Cn2cccn2)c1. The molecule has 1 aromatic heterocycles. The van der Waals surface area contributed by atoms with E-state index in [9.17, 15) is 4.79 Å². The summed E-state index contributed by atoms with van der Waals surface area (Å²) in [5.74, 6) is 0.450. The summed E-state index contributed by atoms with van der Waals surface area (Å²) in [6, 6.07) is 10.4. The van der Waals surface area contributed by atoms with Crippen LogP contribution in [0.15, 0.2) is 42.7 Å². The predicted molar refractivity (Wildman–Crippen MR) is 96.8 cm³/mol. The fourth-order valence-corrected chi connectivity index (χ4v) is 3.25. The second kappa shape index (κ2) is 8.85. The van der Waals surface area contributed by atoms with Crippen LogP contribution in [0.3, 0.4) is 0 Å². The van der Waals surface area contributed by atoms with E-state index >= 15 is 0 Å². The Bertz CT molecular complexity index is 644. The van der Waals surface area contributed by atoms with Crippen molar-refractivity contribution in [2.24, 2.45) is 11.7 Å². The van der Waals surface area contributed by atoms with E-state index < -0.39 is 0 Å². The molecule has 0 spiro atoms. The molecule has 130 valence electrons. The van der Waals surface area contributed by atoms with E-state index in [0.717, 1.165) is 31.4 Å². The Balaban J connectivity index is 0.00000208. The number of nitrogens with two attached hydrogens (primary N) is 1. The minimum atomic E-state index is 0. The average molecular weight is 349 g/mol. The highest BCUT2D eigenvalue weighted by molar-refractivity contribution is 5.85. The molecule has 1 aliphatic rings. The third-order valence-corrected chi connectivity index (χ3v) is 4.55. The molecule has 0 unspecified atom stereocenters. The number of aromatic nitrogens is 2. The lowest BCUT2D eigenvalue weighted by molar-refractivity contribution is -0.122. The Hall–Kier alpha value is -1.85. The highest BCUT2D eigenvalue weighted by Crippen LogP contribution is 2.26. The van der Waals surface area contributed by atoms with Gasteiger partial charge in [0, 0.05) is 31.4 Å². The molecule has 24 heavy (non-hydrogen) atoms. The fourth-order valence-electron chi connectivity index (χ4n) is 3.25. The summed E-state index contributed by atoms with van der Waals surface area (Å²) in [6.45, 7) is 1.31. The molecule has 1 aliphatic carbocycles. The van der Waals surface area contributed by atoms with Crippen molar-refractivity contribution < 1.29 is 4.79 Å². The summed E-state index contributed by atoms with van der Waals surface area (Å²) >= 11 is 0. The second-order valence-electron chi connectivity index (χ2n) is 6.36. The Kier molecular flexibility index (Phi) is 6.82. The molecule has 3 rings (SSSR count). The molecule has 0 radical (unpaired) electrons. The lowest BCUT2D eigenvalue weighted by Crippen LogP contribution is -2.31. The summed E-state index contributed by atoms with van der Waals surface area (Å²) in [5.41, 5.74) is 8.32. The van der Waals surface area contributed by atoms with Crippen LogP contribution >= 0.6 is 12.4 Å². The van der Waals surface area contributed by atoms with Gasteiger partial charge in [-0.25, -0.2) is 0 Å². The van der Waals surface area contributed by atoms with E-state index in [4.69, 9.17) is 5.73 Å². The number of nitrogens with zero attached hydrogens (tertiary/aromatic N) is 2. The Labute approximate surface area is 149 Å². The molecule has 1 saturated carbocycles. The molecule has 1 heterocycles. The predicted octanol–water partition coefficient (Wildman–Crippen LogP) is 2.49. The highest BCUT2D eigenvalue weighted by atomic mass is 35.5. The Morgan fingerprint density at radius 1 is 1.29 bits per heavy atom. The van der Waals surface area contributed by atoms with Gasteiger partial charge < -0.3 is 11.1 Å². The maximum atomic E-state index is 12.1. The number of halogens is 1. The first kappa shape index (κ1) is 18.5. The molecule has 1 aromatic carbocycles. The van der Waals surface area contributed by atoms with Gasteiger partial charge in [-0.1, -0.05) is 30.7 Å². The van der Waals surface area contributed by atoms with Crippen LogP contribution in [0.2, 0.25) is 0 Å². The molecule has 2 aromatic rings. The van der Waals surface area contributed by atoms with E-state index in [-0.39, 0.29) is 24.4 Å². The lowest BCUT2D eigenvalue weighted by atomic mass is 10.00. The van der Waals surface area contributed by atoms with Gasteiger partial charge in [0.1, 0.15) is 0 Å². The van der Waals surface area contributed by atoms with Gasteiger partial charge in [0.05, 0.1) is 6.54 Å². The van der Waals surface area contributed by atoms with Gasteiger partial charge in [0.25, 0.3) is 0 Å². The number of carbonyl (C=O) groups excluding carboxylic acids is 1. The molecule has 0 aliphatic heterocycles. The van der Waals surface area contributed by atoms with Crippen molar-refractivity contribution in [2.75, 3.05) is 0 Å². The summed E-state index contributed by atoms with van der Waals surface area (Å²) in [4.78, 5) is 12.1. The third kappa shape index (κ3) is 5.08. The number of benzene rings is 1. The molecule has 3 N–H and O–H groups in total. The van der Waals surface area contributed by atoms with Crippen LogP contribution in [-0.4, -0.2) is 21.7 Å². The number of hydrogen-bond acceptors (Lipinski definition) is 3. The lowest BCUT2D eigenvalue weighted by Gasteiger charge is -2.15. The third-order valence-electron chi connectivity index (χ3n) is 4.55. The van der Waals surface area contributed by atoms with Gasteiger partial charge in [-0.05, 0) is 36.0 Å². The summed E-state index contributed by atoms with van der Waals surface area (Å²) in [7, 11) is 0. The highest BCUT2D eigenvalue weighted by Gasteiger charge is 2.25. The smallest absolute Gasteiger partial charge is 0.220 e. The van der Waals surface area contributed by atoms with Crippen molar-refractivity contribution in [1.82, 2.24) is 15.1 Å². The number of carbonyl (C=O) groups is 1. The molecule has 2 atom stereocenters. The second-order valence-corrected chi connectivity index (χ2v) is 6.36. The van der Waals surface area contributed by atoms with Crippen molar-refractivity contribution >= 4 is 18.3 Å². The molecule has 0 saturated heterocycles. The topological polar surface area (TPSA) is 72.9 Å². The van der Waals surface area contributed by atoms with Gasteiger partial charge in [-0.15, -0.1) is 12.4 Å². The molecule has 5 nitrogen and oxygen atoms in total. The van der Waals surface area contributed by atoms with Crippen molar-refractivity contribution in [3.63, 3.8) is 0 Å². The van der Waals surface area contributed by atoms with Crippen molar-refractivity contribution in [1.29, 1.82) is 0 Å². The monoisotopic (exact) mass is 348 g/mol.